The van der Waals surface area contributed by atoms with Gasteiger partial charge in [0.15, 0.2) is 30.5 Å². The van der Waals surface area contributed by atoms with Crippen molar-refractivity contribution in [3.63, 3.8) is 0 Å². The smallest absolute Gasteiger partial charge is 0.279 e. The highest BCUT2D eigenvalue weighted by Gasteiger charge is 2.20. The first-order valence-electron chi connectivity index (χ1n) is 7.34. The van der Waals surface area contributed by atoms with Gasteiger partial charge in [-0.2, -0.15) is 0 Å². The van der Waals surface area contributed by atoms with Crippen molar-refractivity contribution in [3.05, 3.63) is 29.6 Å². The second kappa shape index (κ2) is 9.02. The van der Waals surface area contributed by atoms with Crippen LogP contribution in [-0.4, -0.2) is 63.4 Å². The third-order valence-electron chi connectivity index (χ3n) is 3.31. The van der Waals surface area contributed by atoms with Crippen molar-refractivity contribution in [1.82, 2.24) is 10.2 Å². The normalized spacial score (nSPS) is 11.6. The number of hydrogen-bond donors (Lipinski definition) is 3. The molecule has 0 heterocycles. The van der Waals surface area contributed by atoms with Crippen LogP contribution in [0.1, 0.15) is 0 Å². The van der Waals surface area contributed by atoms with Gasteiger partial charge in [-0.1, -0.05) is 0 Å². The highest BCUT2D eigenvalue weighted by atomic mass is 19.2. The molecule has 0 aliphatic heterocycles. The Balaban J connectivity index is 2.55. The van der Waals surface area contributed by atoms with Gasteiger partial charge >= 0.3 is 0 Å². The van der Waals surface area contributed by atoms with Crippen LogP contribution < -0.4 is 15.5 Å². The van der Waals surface area contributed by atoms with Crippen LogP contribution in [0.3, 0.4) is 0 Å². The molecule has 138 valence electrons. The van der Waals surface area contributed by atoms with E-state index in [0.717, 1.165) is 6.07 Å². The lowest BCUT2D eigenvalue weighted by atomic mass is 10.2. The number of amides is 3. The summed E-state index contributed by atoms with van der Waals surface area (Å²) >= 11 is 0. The molecule has 0 radical (unpaired) electrons. The number of halogens is 3. The zero-order valence-corrected chi connectivity index (χ0v) is 14.1. The predicted molar refractivity (Wildman–Crippen MR) is 83.3 cm³/mol. The van der Waals surface area contributed by atoms with Crippen LogP contribution in [-0.2, 0) is 14.4 Å². The van der Waals surface area contributed by atoms with Crippen LogP contribution in [0.2, 0.25) is 0 Å². The summed E-state index contributed by atoms with van der Waals surface area (Å²) in [4.78, 5) is 36.6. The molecular weight excluding hydrogens is 341 g/mol. The molecule has 3 N–H and O–H groups in total. The van der Waals surface area contributed by atoms with E-state index in [2.05, 4.69) is 10.6 Å². The molecule has 1 aromatic rings. The van der Waals surface area contributed by atoms with Crippen LogP contribution in [0.15, 0.2) is 12.1 Å². The molecule has 1 rings (SSSR count). The molecule has 3 amide bonds. The lowest BCUT2D eigenvalue weighted by Gasteiger charge is -2.19. The highest BCUT2D eigenvalue weighted by Crippen LogP contribution is 2.19. The lowest BCUT2D eigenvalue weighted by Crippen LogP contribution is -3.11. The summed E-state index contributed by atoms with van der Waals surface area (Å²) in [6.07, 6.45) is 0. The van der Waals surface area contributed by atoms with Gasteiger partial charge in [-0.15, -0.1) is 0 Å². The van der Waals surface area contributed by atoms with E-state index in [4.69, 9.17) is 0 Å². The zero-order valence-electron chi connectivity index (χ0n) is 14.1. The van der Waals surface area contributed by atoms with Gasteiger partial charge in [0.2, 0.25) is 5.91 Å². The second-order valence-corrected chi connectivity index (χ2v) is 5.50. The standard InChI is InChI=1S/C15H19F3N4O3/c1-19-11(23)7-22(3)13(25)8-21(2)6-12(24)20-10-5-4-9(16)14(17)15(10)18/h4-5H,6-8H2,1-3H3,(H,19,23)(H,20,24)/p+1. The molecule has 1 atom stereocenters. The van der Waals surface area contributed by atoms with Crippen molar-refractivity contribution in [2.75, 3.05) is 46.1 Å². The number of nitrogens with zero attached hydrogens (tertiary/aromatic N) is 1. The molecule has 0 fully saturated rings. The predicted octanol–water partition coefficient (Wildman–Crippen LogP) is -1.24. The number of carbonyl (C=O) groups excluding carboxylic acids is 3. The van der Waals surface area contributed by atoms with Crippen LogP contribution in [0.5, 0.6) is 0 Å². The van der Waals surface area contributed by atoms with Crippen LogP contribution in [0.4, 0.5) is 18.9 Å². The molecule has 7 nitrogen and oxygen atoms in total. The van der Waals surface area contributed by atoms with Gasteiger partial charge in [-0.3, -0.25) is 14.4 Å². The van der Waals surface area contributed by atoms with Gasteiger partial charge < -0.3 is 20.4 Å². The Morgan fingerprint density at radius 3 is 2.32 bits per heavy atom. The zero-order chi connectivity index (χ0) is 19.1. The molecule has 0 aromatic heterocycles. The summed E-state index contributed by atoms with van der Waals surface area (Å²) in [6.45, 7) is -0.409. The number of quaternary nitrogens is 1. The third-order valence-corrected chi connectivity index (χ3v) is 3.31. The number of anilines is 1. The fourth-order valence-electron chi connectivity index (χ4n) is 1.93. The van der Waals surface area contributed by atoms with E-state index in [1.165, 1.54) is 19.0 Å². The molecule has 0 spiro atoms. The van der Waals surface area contributed by atoms with Gasteiger partial charge in [-0.05, 0) is 12.1 Å². The average molecular weight is 361 g/mol. The van der Waals surface area contributed by atoms with E-state index in [9.17, 15) is 27.6 Å². The van der Waals surface area contributed by atoms with Gasteiger partial charge in [0.25, 0.3) is 11.8 Å². The molecule has 0 bridgehead atoms. The molecule has 0 saturated heterocycles. The average Bonchev–Trinajstić information content (AvgIpc) is 2.54. The molecule has 0 aliphatic carbocycles. The minimum atomic E-state index is -1.68. The first-order chi connectivity index (χ1) is 11.6. The van der Waals surface area contributed by atoms with Gasteiger partial charge in [-0.25, -0.2) is 13.2 Å². The lowest BCUT2D eigenvalue weighted by molar-refractivity contribution is -0.862. The quantitative estimate of drug-likeness (QED) is 0.532. The molecule has 25 heavy (non-hydrogen) atoms. The Hall–Kier alpha value is -2.62. The van der Waals surface area contributed by atoms with Crippen molar-refractivity contribution in [3.8, 4) is 0 Å². The SMILES string of the molecule is CNC(=O)CN(C)C(=O)C[NH+](C)CC(=O)Nc1ccc(F)c(F)c1F. The fraction of sp³-hybridized carbons (Fsp3) is 0.400. The maximum atomic E-state index is 13.5. The van der Waals surface area contributed by atoms with E-state index in [1.54, 1.807) is 7.05 Å². The van der Waals surface area contributed by atoms with Crippen molar-refractivity contribution in [1.29, 1.82) is 0 Å². The third kappa shape index (κ3) is 6.07. The molecule has 1 aromatic carbocycles. The molecular formula is C15H20F3N4O3+. The second-order valence-electron chi connectivity index (χ2n) is 5.50. The van der Waals surface area contributed by atoms with E-state index in [-0.39, 0.29) is 31.4 Å². The Kier molecular flexibility index (Phi) is 7.37. The van der Waals surface area contributed by atoms with Crippen molar-refractivity contribution >= 4 is 23.4 Å². The van der Waals surface area contributed by atoms with E-state index < -0.39 is 29.0 Å². The summed E-state index contributed by atoms with van der Waals surface area (Å²) in [7, 11) is 4.44. The first-order valence-corrected chi connectivity index (χ1v) is 7.34. The topological polar surface area (TPSA) is 83.0 Å². The van der Waals surface area contributed by atoms with Crippen molar-refractivity contribution < 1.29 is 32.5 Å². The summed E-state index contributed by atoms with van der Waals surface area (Å²) in [5.41, 5.74) is -0.486. The first kappa shape index (κ1) is 20.4. The van der Waals surface area contributed by atoms with Crippen molar-refractivity contribution in [2.24, 2.45) is 0 Å². The molecule has 10 heteroatoms. The van der Waals surface area contributed by atoms with Gasteiger partial charge in [0, 0.05) is 14.1 Å². The summed E-state index contributed by atoms with van der Waals surface area (Å²) in [6, 6.07) is 1.60. The maximum Gasteiger partial charge on any atom is 0.279 e. The summed E-state index contributed by atoms with van der Waals surface area (Å²) < 4.78 is 39.4. The van der Waals surface area contributed by atoms with Crippen molar-refractivity contribution in [2.45, 2.75) is 0 Å². The Labute approximate surface area is 142 Å². The number of carbonyl (C=O) groups is 3. The highest BCUT2D eigenvalue weighted by molar-refractivity contribution is 5.91. The van der Waals surface area contributed by atoms with Crippen LogP contribution in [0, 0.1) is 17.5 Å². The van der Waals surface area contributed by atoms with Crippen LogP contribution in [0.25, 0.3) is 0 Å². The monoisotopic (exact) mass is 361 g/mol. The summed E-state index contributed by atoms with van der Waals surface area (Å²) in [5, 5.41) is 4.50. The van der Waals surface area contributed by atoms with E-state index in [1.807, 2.05) is 0 Å². The molecule has 0 aliphatic rings. The Morgan fingerprint density at radius 1 is 1.08 bits per heavy atom. The maximum absolute atomic E-state index is 13.5. The molecule has 0 saturated carbocycles. The number of likely N-dealkylation sites (N-methyl/N-ethyl adjacent to an activating group) is 3. The Morgan fingerprint density at radius 2 is 1.72 bits per heavy atom. The van der Waals surface area contributed by atoms with Crippen LogP contribution >= 0.6 is 0 Å². The number of hydrogen-bond acceptors (Lipinski definition) is 3. The van der Waals surface area contributed by atoms with E-state index >= 15 is 0 Å². The number of rotatable bonds is 7. The molecule has 1 unspecified atom stereocenters. The largest absolute Gasteiger partial charge is 0.358 e. The number of nitrogens with one attached hydrogen (secondary N) is 3. The Bertz CT molecular complexity index is 670. The fourth-order valence-corrected chi connectivity index (χ4v) is 1.93. The van der Waals surface area contributed by atoms with E-state index in [0.29, 0.717) is 11.0 Å². The van der Waals surface area contributed by atoms with Gasteiger partial charge in [0.1, 0.15) is 0 Å². The van der Waals surface area contributed by atoms with Gasteiger partial charge in [0.05, 0.1) is 19.3 Å². The summed E-state index contributed by atoms with van der Waals surface area (Å²) in [5.74, 6) is -5.91. The minimum Gasteiger partial charge on any atom is -0.358 e. The minimum absolute atomic E-state index is 0.0822. The number of benzene rings is 1.